The van der Waals surface area contributed by atoms with Crippen molar-refractivity contribution in [2.45, 2.75) is 23.1 Å². The van der Waals surface area contributed by atoms with Gasteiger partial charge in [0.2, 0.25) is 0 Å². The molecule has 2 aromatic carbocycles. The minimum Gasteiger partial charge on any atom is -0.465 e. The maximum atomic E-state index is 11.7. The third kappa shape index (κ3) is 3.38. The summed E-state index contributed by atoms with van der Waals surface area (Å²) >= 11 is 1.58. The Morgan fingerprint density at radius 1 is 1.11 bits per heavy atom. The van der Waals surface area contributed by atoms with Gasteiger partial charge in [0.05, 0.1) is 12.7 Å². The quantitative estimate of drug-likeness (QED) is 0.781. The van der Waals surface area contributed by atoms with Crippen LogP contribution >= 0.6 is 11.8 Å². The largest absolute Gasteiger partial charge is 0.465 e. The van der Waals surface area contributed by atoms with E-state index in [2.05, 4.69) is 31.2 Å². The molecule has 19 heavy (non-hydrogen) atoms. The van der Waals surface area contributed by atoms with Crippen LogP contribution in [-0.2, 0) is 11.2 Å². The first kappa shape index (κ1) is 13.7. The molecule has 0 spiro atoms. The van der Waals surface area contributed by atoms with Crippen molar-refractivity contribution in [2.24, 2.45) is 0 Å². The first-order chi connectivity index (χ1) is 9.24. The van der Waals surface area contributed by atoms with Crippen LogP contribution in [0.3, 0.4) is 0 Å². The Bertz CT molecular complexity index is 561. The van der Waals surface area contributed by atoms with Crippen molar-refractivity contribution in [3.05, 3.63) is 59.7 Å². The molecule has 0 saturated carbocycles. The molecule has 0 aromatic heterocycles. The number of carbonyl (C=O) groups is 1. The van der Waals surface area contributed by atoms with E-state index in [1.54, 1.807) is 17.8 Å². The Morgan fingerprint density at radius 2 is 1.79 bits per heavy atom. The molecule has 2 aromatic rings. The van der Waals surface area contributed by atoms with Gasteiger partial charge in [0.15, 0.2) is 0 Å². The average Bonchev–Trinajstić information content (AvgIpc) is 2.48. The van der Waals surface area contributed by atoms with Gasteiger partial charge in [-0.05, 0) is 36.2 Å². The van der Waals surface area contributed by atoms with Gasteiger partial charge in [-0.15, -0.1) is 0 Å². The van der Waals surface area contributed by atoms with Crippen molar-refractivity contribution >= 4 is 17.7 Å². The van der Waals surface area contributed by atoms with Gasteiger partial charge in [-0.2, -0.15) is 0 Å². The maximum Gasteiger partial charge on any atom is 0.339 e. The molecule has 0 aliphatic carbocycles. The van der Waals surface area contributed by atoms with Gasteiger partial charge in [-0.25, -0.2) is 4.79 Å². The van der Waals surface area contributed by atoms with Gasteiger partial charge < -0.3 is 4.74 Å². The van der Waals surface area contributed by atoms with Crippen LogP contribution in [0.1, 0.15) is 22.8 Å². The Hall–Kier alpha value is -1.74. The van der Waals surface area contributed by atoms with E-state index in [1.165, 1.54) is 12.7 Å². The van der Waals surface area contributed by atoms with Crippen molar-refractivity contribution in [3.63, 3.8) is 0 Å². The fraction of sp³-hybridized carbons (Fsp3) is 0.188. The van der Waals surface area contributed by atoms with Crippen LogP contribution in [-0.4, -0.2) is 13.1 Å². The molecule has 0 aliphatic heterocycles. The van der Waals surface area contributed by atoms with Crippen LogP contribution < -0.4 is 0 Å². The van der Waals surface area contributed by atoms with Gasteiger partial charge in [0.1, 0.15) is 0 Å². The van der Waals surface area contributed by atoms with E-state index in [0.29, 0.717) is 5.56 Å². The summed E-state index contributed by atoms with van der Waals surface area (Å²) in [7, 11) is 1.40. The second-order valence-electron chi connectivity index (χ2n) is 4.09. The van der Waals surface area contributed by atoms with Crippen LogP contribution in [0.25, 0.3) is 0 Å². The molecule has 0 unspecified atom stereocenters. The van der Waals surface area contributed by atoms with Crippen molar-refractivity contribution in [1.82, 2.24) is 0 Å². The second-order valence-corrected chi connectivity index (χ2v) is 5.20. The molecular weight excluding hydrogens is 256 g/mol. The molecule has 0 bridgehead atoms. The van der Waals surface area contributed by atoms with Gasteiger partial charge in [0, 0.05) is 9.79 Å². The smallest absolute Gasteiger partial charge is 0.339 e. The highest BCUT2D eigenvalue weighted by Crippen LogP contribution is 2.30. The topological polar surface area (TPSA) is 26.3 Å². The second kappa shape index (κ2) is 6.43. The minimum atomic E-state index is -0.298. The Balaban J connectivity index is 2.25. The number of aryl methyl sites for hydroxylation is 1. The standard InChI is InChI=1S/C16H16O2S/c1-3-12-8-10-13(11-9-12)19-15-7-5-4-6-14(15)16(17)18-2/h4-11H,3H2,1-2H3. The summed E-state index contributed by atoms with van der Waals surface area (Å²) in [5.41, 5.74) is 1.92. The van der Waals surface area contributed by atoms with Crippen molar-refractivity contribution in [1.29, 1.82) is 0 Å². The number of hydrogen-bond donors (Lipinski definition) is 0. The summed E-state index contributed by atoms with van der Waals surface area (Å²) in [4.78, 5) is 13.7. The molecule has 0 atom stereocenters. The monoisotopic (exact) mass is 272 g/mol. The first-order valence-corrected chi connectivity index (χ1v) is 7.00. The van der Waals surface area contributed by atoms with Gasteiger partial charge >= 0.3 is 5.97 Å². The third-order valence-corrected chi connectivity index (χ3v) is 3.94. The van der Waals surface area contributed by atoms with Crippen LogP contribution in [0.4, 0.5) is 0 Å². The highest BCUT2D eigenvalue weighted by Gasteiger charge is 2.11. The van der Waals surface area contributed by atoms with Crippen LogP contribution in [0, 0.1) is 0 Å². The molecule has 0 heterocycles. The molecule has 2 nitrogen and oxygen atoms in total. The van der Waals surface area contributed by atoms with Crippen LogP contribution in [0.2, 0.25) is 0 Å². The lowest BCUT2D eigenvalue weighted by Gasteiger charge is -2.07. The number of hydrogen-bond acceptors (Lipinski definition) is 3. The molecule has 0 saturated heterocycles. The predicted octanol–water partition coefficient (Wildman–Crippen LogP) is 4.19. The number of ether oxygens (including phenoxy) is 1. The van der Waals surface area contributed by atoms with E-state index >= 15 is 0 Å². The van der Waals surface area contributed by atoms with Crippen molar-refractivity contribution < 1.29 is 9.53 Å². The predicted molar refractivity (Wildman–Crippen MR) is 77.7 cm³/mol. The molecule has 0 aliphatic rings. The summed E-state index contributed by atoms with van der Waals surface area (Å²) < 4.78 is 4.80. The third-order valence-electron chi connectivity index (χ3n) is 2.85. The van der Waals surface area contributed by atoms with Crippen molar-refractivity contribution in [3.8, 4) is 0 Å². The summed E-state index contributed by atoms with van der Waals surface area (Å²) in [6, 6.07) is 15.9. The molecule has 2 rings (SSSR count). The summed E-state index contributed by atoms with van der Waals surface area (Å²) in [6.45, 7) is 2.13. The molecule has 0 fully saturated rings. The SMILES string of the molecule is CCc1ccc(Sc2ccccc2C(=O)OC)cc1. The zero-order chi connectivity index (χ0) is 13.7. The van der Waals surface area contributed by atoms with Gasteiger partial charge in [0.25, 0.3) is 0 Å². The van der Waals surface area contributed by atoms with E-state index in [0.717, 1.165) is 16.2 Å². The lowest BCUT2D eigenvalue weighted by Crippen LogP contribution is -2.02. The fourth-order valence-electron chi connectivity index (χ4n) is 1.75. The van der Waals surface area contributed by atoms with E-state index in [9.17, 15) is 4.79 Å². The highest BCUT2D eigenvalue weighted by atomic mass is 32.2. The lowest BCUT2D eigenvalue weighted by molar-refractivity contribution is 0.0597. The van der Waals surface area contributed by atoms with Crippen LogP contribution in [0.5, 0.6) is 0 Å². The molecule has 3 heteroatoms. The van der Waals surface area contributed by atoms with E-state index in [1.807, 2.05) is 18.2 Å². The summed E-state index contributed by atoms with van der Waals surface area (Å²) in [5.74, 6) is -0.298. The van der Waals surface area contributed by atoms with Crippen LogP contribution in [0.15, 0.2) is 58.3 Å². The summed E-state index contributed by atoms with van der Waals surface area (Å²) in [5, 5.41) is 0. The lowest BCUT2D eigenvalue weighted by atomic mass is 10.2. The number of carbonyl (C=O) groups excluding carboxylic acids is 1. The Morgan fingerprint density at radius 3 is 2.42 bits per heavy atom. The average molecular weight is 272 g/mol. The van der Waals surface area contributed by atoms with E-state index in [-0.39, 0.29) is 5.97 Å². The van der Waals surface area contributed by atoms with Crippen molar-refractivity contribution in [2.75, 3.05) is 7.11 Å². The number of esters is 1. The van der Waals surface area contributed by atoms with E-state index in [4.69, 9.17) is 4.74 Å². The zero-order valence-electron chi connectivity index (χ0n) is 11.1. The van der Waals surface area contributed by atoms with E-state index < -0.39 is 0 Å². The maximum absolute atomic E-state index is 11.7. The molecular formula is C16H16O2S. The molecule has 98 valence electrons. The fourth-order valence-corrected chi connectivity index (χ4v) is 2.69. The highest BCUT2D eigenvalue weighted by molar-refractivity contribution is 7.99. The molecule has 0 N–H and O–H groups in total. The Labute approximate surface area is 117 Å². The minimum absolute atomic E-state index is 0.298. The van der Waals surface area contributed by atoms with Gasteiger partial charge in [-0.3, -0.25) is 0 Å². The zero-order valence-corrected chi connectivity index (χ0v) is 11.9. The number of benzene rings is 2. The number of methoxy groups -OCH3 is 1. The summed E-state index contributed by atoms with van der Waals surface area (Å²) in [6.07, 6.45) is 1.03. The normalized spacial score (nSPS) is 10.2. The molecule has 0 radical (unpaired) electrons. The van der Waals surface area contributed by atoms with Gasteiger partial charge in [-0.1, -0.05) is 43.0 Å². The molecule has 0 amide bonds. The Kier molecular flexibility index (Phi) is 4.63. The number of rotatable bonds is 4. The first-order valence-electron chi connectivity index (χ1n) is 6.18.